The molecule has 0 saturated heterocycles. The van der Waals surface area contributed by atoms with Crippen molar-refractivity contribution in [1.82, 2.24) is 20.2 Å². The van der Waals surface area contributed by atoms with E-state index in [1.54, 1.807) is 4.68 Å². The monoisotopic (exact) mass is 314 g/mol. The van der Waals surface area contributed by atoms with E-state index >= 15 is 0 Å². The van der Waals surface area contributed by atoms with E-state index in [1.807, 2.05) is 84.9 Å². The normalized spacial score (nSPS) is 10.5. The van der Waals surface area contributed by atoms with Crippen LogP contribution in [0.3, 0.4) is 0 Å². The molecule has 0 saturated carbocycles. The molecule has 1 heterocycles. The molecule has 0 atom stereocenters. The first-order valence-electron chi connectivity index (χ1n) is 7.58. The molecule has 0 aliphatic rings. The molecule has 5 nitrogen and oxygen atoms in total. The van der Waals surface area contributed by atoms with Crippen LogP contribution < -0.4 is 4.74 Å². The summed E-state index contributed by atoms with van der Waals surface area (Å²) in [6.07, 6.45) is 0. The van der Waals surface area contributed by atoms with Gasteiger partial charge in [0.25, 0.3) is 0 Å². The summed E-state index contributed by atoms with van der Waals surface area (Å²) in [5.41, 5.74) is 2.90. The zero-order chi connectivity index (χ0) is 16.2. The topological polar surface area (TPSA) is 52.8 Å². The molecule has 0 aliphatic carbocycles. The molecular formula is C19H14N4O. The molecule has 0 amide bonds. The Bertz CT molecular complexity index is 936. The van der Waals surface area contributed by atoms with Gasteiger partial charge in [0.05, 0.1) is 5.69 Å². The van der Waals surface area contributed by atoms with E-state index in [0.717, 1.165) is 16.8 Å². The average molecular weight is 314 g/mol. The van der Waals surface area contributed by atoms with Crippen molar-refractivity contribution < 1.29 is 4.74 Å². The van der Waals surface area contributed by atoms with Gasteiger partial charge in [0.2, 0.25) is 0 Å². The van der Waals surface area contributed by atoms with Crippen LogP contribution in [0.5, 0.6) is 11.8 Å². The van der Waals surface area contributed by atoms with Crippen molar-refractivity contribution in [3.8, 4) is 28.6 Å². The van der Waals surface area contributed by atoms with Gasteiger partial charge in [0.1, 0.15) is 5.75 Å². The molecule has 1 aromatic heterocycles. The standard InChI is InChI=1S/C19H14N4O/c1-3-9-15(10-4-1)17-13-7-8-14-18(17)24-19-20-21-22-23(19)16-11-5-2-6-12-16/h1-14H. The maximum Gasteiger partial charge on any atom is 0.345 e. The lowest BCUT2D eigenvalue weighted by Crippen LogP contribution is -2.00. The van der Waals surface area contributed by atoms with Crippen LogP contribution >= 0.6 is 0 Å². The Kier molecular flexibility index (Phi) is 3.73. The molecule has 24 heavy (non-hydrogen) atoms. The predicted molar refractivity (Wildman–Crippen MR) is 91.1 cm³/mol. The summed E-state index contributed by atoms with van der Waals surface area (Å²) in [4.78, 5) is 0. The van der Waals surface area contributed by atoms with Crippen LogP contribution in [0, 0.1) is 0 Å². The van der Waals surface area contributed by atoms with Crippen molar-refractivity contribution in [1.29, 1.82) is 0 Å². The van der Waals surface area contributed by atoms with Crippen LogP contribution in [-0.2, 0) is 0 Å². The number of aromatic nitrogens is 4. The van der Waals surface area contributed by atoms with Crippen molar-refractivity contribution in [2.45, 2.75) is 0 Å². The van der Waals surface area contributed by atoms with E-state index in [0.29, 0.717) is 11.8 Å². The van der Waals surface area contributed by atoms with Gasteiger partial charge in [-0.15, -0.1) is 0 Å². The van der Waals surface area contributed by atoms with E-state index in [4.69, 9.17) is 4.74 Å². The quantitative estimate of drug-likeness (QED) is 0.568. The Labute approximate surface area is 139 Å². The van der Waals surface area contributed by atoms with Gasteiger partial charge in [-0.1, -0.05) is 71.8 Å². The number of ether oxygens (including phenoxy) is 1. The maximum atomic E-state index is 6.02. The zero-order valence-electron chi connectivity index (χ0n) is 12.8. The largest absolute Gasteiger partial charge is 0.422 e. The van der Waals surface area contributed by atoms with Gasteiger partial charge in [0, 0.05) is 5.56 Å². The summed E-state index contributed by atoms with van der Waals surface area (Å²) in [5.74, 6) is 0.704. The van der Waals surface area contributed by atoms with Crippen molar-refractivity contribution in [3.63, 3.8) is 0 Å². The van der Waals surface area contributed by atoms with Crippen LogP contribution in [0.4, 0.5) is 0 Å². The third kappa shape index (κ3) is 2.75. The molecule has 0 unspecified atom stereocenters. The minimum absolute atomic E-state index is 0.324. The van der Waals surface area contributed by atoms with E-state index in [1.165, 1.54) is 0 Å². The molecule has 0 spiro atoms. The summed E-state index contributed by atoms with van der Waals surface area (Å²) < 4.78 is 7.59. The van der Waals surface area contributed by atoms with Gasteiger partial charge in [-0.3, -0.25) is 0 Å². The first-order chi connectivity index (χ1) is 11.9. The smallest absolute Gasteiger partial charge is 0.345 e. The average Bonchev–Trinajstić information content (AvgIpc) is 3.12. The van der Waals surface area contributed by atoms with Gasteiger partial charge < -0.3 is 4.74 Å². The number of tetrazole rings is 1. The highest BCUT2D eigenvalue weighted by Crippen LogP contribution is 2.32. The van der Waals surface area contributed by atoms with Crippen LogP contribution in [0.15, 0.2) is 84.9 Å². The molecular weight excluding hydrogens is 300 g/mol. The van der Waals surface area contributed by atoms with Crippen molar-refractivity contribution >= 4 is 0 Å². The van der Waals surface area contributed by atoms with Gasteiger partial charge in [-0.05, 0) is 34.2 Å². The van der Waals surface area contributed by atoms with Crippen molar-refractivity contribution in [2.24, 2.45) is 0 Å². The molecule has 0 aliphatic heterocycles. The predicted octanol–water partition coefficient (Wildman–Crippen LogP) is 4.12. The van der Waals surface area contributed by atoms with Gasteiger partial charge >= 0.3 is 6.01 Å². The third-order valence-electron chi connectivity index (χ3n) is 3.61. The lowest BCUT2D eigenvalue weighted by molar-refractivity contribution is 0.429. The SMILES string of the molecule is c1ccc(-c2ccccc2Oc2nnnn2-c2ccccc2)cc1. The number of rotatable bonds is 4. The van der Waals surface area contributed by atoms with Gasteiger partial charge in [-0.25, -0.2) is 0 Å². The second-order valence-electron chi connectivity index (χ2n) is 5.17. The van der Waals surface area contributed by atoms with Gasteiger partial charge in [-0.2, -0.15) is 4.68 Å². The fraction of sp³-hybridized carbons (Fsp3) is 0. The maximum absolute atomic E-state index is 6.02. The fourth-order valence-electron chi connectivity index (χ4n) is 2.48. The minimum Gasteiger partial charge on any atom is -0.422 e. The molecule has 0 radical (unpaired) electrons. The highest BCUT2D eigenvalue weighted by Gasteiger charge is 2.13. The molecule has 5 heteroatoms. The lowest BCUT2D eigenvalue weighted by atomic mass is 10.1. The Morgan fingerprint density at radius 3 is 2.17 bits per heavy atom. The molecule has 4 rings (SSSR count). The number of hydrogen-bond acceptors (Lipinski definition) is 4. The molecule has 4 aromatic rings. The second kappa shape index (κ2) is 6.34. The van der Waals surface area contributed by atoms with Gasteiger partial charge in [0.15, 0.2) is 0 Å². The number of benzene rings is 3. The summed E-state index contributed by atoms with van der Waals surface area (Å²) in [6.45, 7) is 0. The van der Waals surface area contributed by atoms with E-state index in [9.17, 15) is 0 Å². The summed E-state index contributed by atoms with van der Waals surface area (Å²) in [6, 6.07) is 27.9. The highest BCUT2D eigenvalue weighted by molar-refractivity contribution is 5.70. The lowest BCUT2D eigenvalue weighted by Gasteiger charge is -2.10. The first-order valence-corrected chi connectivity index (χ1v) is 7.58. The third-order valence-corrected chi connectivity index (χ3v) is 3.61. The summed E-state index contributed by atoms with van der Waals surface area (Å²) >= 11 is 0. The summed E-state index contributed by atoms with van der Waals surface area (Å²) in [5, 5.41) is 11.8. The molecule has 0 bridgehead atoms. The van der Waals surface area contributed by atoms with Crippen molar-refractivity contribution in [2.75, 3.05) is 0 Å². The van der Waals surface area contributed by atoms with Crippen LogP contribution in [0.1, 0.15) is 0 Å². The van der Waals surface area contributed by atoms with Crippen molar-refractivity contribution in [3.05, 3.63) is 84.9 Å². The highest BCUT2D eigenvalue weighted by atomic mass is 16.5. The summed E-state index contributed by atoms with van der Waals surface area (Å²) in [7, 11) is 0. The first kappa shape index (κ1) is 14.1. The molecule has 116 valence electrons. The molecule has 0 N–H and O–H groups in total. The van der Waals surface area contributed by atoms with E-state index in [-0.39, 0.29) is 0 Å². The van der Waals surface area contributed by atoms with E-state index < -0.39 is 0 Å². The zero-order valence-corrected chi connectivity index (χ0v) is 12.8. The van der Waals surface area contributed by atoms with E-state index in [2.05, 4.69) is 15.5 Å². The molecule has 3 aromatic carbocycles. The van der Waals surface area contributed by atoms with Crippen LogP contribution in [0.2, 0.25) is 0 Å². The number of nitrogens with zero attached hydrogens (tertiary/aromatic N) is 4. The Hall–Kier alpha value is -3.47. The Morgan fingerprint density at radius 2 is 1.38 bits per heavy atom. The van der Waals surface area contributed by atoms with Crippen LogP contribution in [-0.4, -0.2) is 20.2 Å². The number of para-hydroxylation sites is 2. The number of hydrogen-bond donors (Lipinski definition) is 0. The molecule has 0 fully saturated rings. The second-order valence-corrected chi connectivity index (χ2v) is 5.17. The fourth-order valence-corrected chi connectivity index (χ4v) is 2.48. The minimum atomic E-state index is 0.324. The Balaban J connectivity index is 1.72. The van der Waals surface area contributed by atoms with Crippen LogP contribution in [0.25, 0.3) is 16.8 Å². The Morgan fingerprint density at radius 1 is 0.708 bits per heavy atom.